The molecule has 1 aromatic carbocycles. The van der Waals surface area contributed by atoms with Crippen LogP contribution in [0.5, 0.6) is 0 Å². The average Bonchev–Trinajstić information content (AvgIpc) is 2.89. The van der Waals surface area contributed by atoms with E-state index in [4.69, 9.17) is 4.74 Å². The molecule has 2 rings (SSSR count). The quantitative estimate of drug-likeness (QED) is 0.899. The van der Waals surface area contributed by atoms with E-state index in [0.717, 1.165) is 30.7 Å². The number of benzene rings is 1. The number of hydrogen-bond acceptors (Lipinski definition) is 3. The lowest BCUT2D eigenvalue weighted by Crippen LogP contribution is -2.33. The molecule has 1 aliphatic heterocycles. The van der Waals surface area contributed by atoms with Crippen molar-refractivity contribution in [2.75, 3.05) is 25.2 Å². The van der Waals surface area contributed by atoms with E-state index >= 15 is 0 Å². The standard InChI is InChI=1S/C15H23BrN2O/c1-11(2)17-9-12-8-13(16)4-5-15(12)18(3)14-6-7-19-10-14/h4-5,8,11,14,17H,6-7,9-10H2,1-3H3. The van der Waals surface area contributed by atoms with Crippen molar-refractivity contribution in [1.82, 2.24) is 5.32 Å². The van der Waals surface area contributed by atoms with Crippen LogP contribution in [0.1, 0.15) is 25.8 Å². The molecule has 1 fully saturated rings. The predicted octanol–water partition coefficient (Wildman–Crippen LogP) is 3.17. The summed E-state index contributed by atoms with van der Waals surface area (Å²) in [5.41, 5.74) is 2.63. The van der Waals surface area contributed by atoms with Crippen LogP contribution in [0.25, 0.3) is 0 Å². The van der Waals surface area contributed by atoms with Gasteiger partial charge >= 0.3 is 0 Å². The average molecular weight is 327 g/mol. The fourth-order valence-corrected chi connectivity index (χ4v) is 2.79. The fourth-order valence-electron chi connectivity index (χ4n) is 2.38. The van der Waals surface area contributed by atoms with Crippen molar-refractivity contribution in [1.29, 1.82) is 0 Å². The minimum atomic E-state index is 0.493. The Morgan fingerprint density at radius 3 is 2.89 bits per heavy atom. The van der Waals surface area contributed by atoms with Gasteiger partial charge in [-0.05, 0) is 30.2 Å². The highest BCUT2D eigenvalue weighted by Gasteiger charge is 2.22. The molecule has 1 unspecified atom stereocenters. The first-order chi connectivity index (χ1) is 9.08. The smallest absolute Gasteiger partial charge is 0.0670 e. The van der Waals surface area contributed by atoms with E-state index in [1.54, 1.807) is 0 Å². The maximum Gasteiger partial charge on any atom is 0.0670 e. The minimum absolute atomic E-state index is 0.493. The van der Waals surface area contributed by atoms with Crippen LogP contribution in [0.15, 0.2) is 22.7 Å². The number of ether oxygens (including phenoxy) is 1. The molecule has 0 saturated carbocycles. The molecule has 19 heavy (non-hydrogen) atoms. The lowest BCUT2D eigenvalue weighted by molar-refractivity contribution is 0.193. The Bertz CT molecular complexity index is 417. The van der Waals surface area contributed by atoms with E-state index in [9.17, 15) is 0 Å². The molecule has 0 aromatic heterocycles. The van der Waals surface area contributed by atoms with Crippen LogP contribution in [-0.2, 0) is 11.3 Å². The Labute approximate surface area is 124 Å². The topological polar surface area (TPSA) is 24.5 Å². The van der Waals surface area contributed by atoms with Gasteiger partial charge in [-0.1, -0.05) is 29.8 Å². The zero-order valence-corrected chi connectivity index (χ0v) is 13.5. The fraction of sp³-hybridized carbons (Fsp3) is 0.600. The largest absolute Gasteiger partial charge is 0.379 e. The van der Waals surface area contributed by atoms with E-state index in [2.05, 4.69) is 65.2 Å². The summed E-state index contributed by atoms with van der Waals surface area (Å²) in [6, 6.07) is 7.50. The molecule has 0 bridgehead atoms. The highest BCUT2D eigenvalue weighted by molar-refractivity contribution is 9.10. The second-order valence-corrected chi connectivity index (χ2v) is 6.35. The Morgan fingerprint density at radius 1 is 1.47 bits per heavy atom. The lowest BCUT2D eigenvalue weighted by atomic mass is 10.1. The second-order valence-electron chi connectivity index (χ2n) is 5.44. The van der Waals surface area contributed by atoms with Crippen LogP contribution in [-0.4, -0.2) is 32.3 Å². The Hall–Kier alpha value is -0.580. The number of hydrogen-bond donors (Lipinski definition) is 1. The third-order valence-corrected chi connectivity index (χ3v) is 4.07. The normalized spacial score (nSPS) is 19.1. The Kier molecular flexibility index (Phi) is 5.25. The number of anilines is 1. The second kappa shape index (κ2) is 6.73. The van der Waals surface area contributed by atoms with Crippen molar-refractivity contribution in [2.45, 2.75) is 38.9 Å². The van der Waals surface area contributed by atoms with Crippen molar-refractivity contribution in [3.8, 4) is 0 Å². The van der Waals surface area contributed by atoms with Crippen LogP contribution in [0.4, 0.5) is 5.69 Å². The third-order valence-electron chi connectivity index (χ3n) is 3.58. The van der Waals surface area contributed by atoms with Gasteiger partial charge in [-0.25, -0.2) is 0 Å². The zero-order valence-electron chi connectivity index (χ0n) is 11.9. The number of nitrogens with zero attached hydrogens (tertiary/aromatic N) is 1. The molecule has 0 aliphatic carbocycles. The molecule has 1 atom stereocenters. The van der Waals surface area contributed by atoms with E-state index in [0.29, 0.717) is 12.1 Å². The molecule has 1 aromatic rings. The van der Waals surface area contributed by atoms with Gasteiger partial charge in [-0.15, -0.1) is 0 Å². The SMILES string of the molecule is CC(C)NCc1cc(Br)ccc1N(C)C1CCOC1. The van der Waals surface area contributed by atoms with Gasteiger partial charge in [0.15, 0.2) is 0 Å². The molecule has 0 spiro atoms. The Morgan fingerprint density at radius 2 is 2.26 bits per heavy atom. The number of nitrogens with one attached hydrogen (secondary N) is 1. The molecular formula is C15H23BrN2O. The van der Waals surface area contributed by atoms with Crippen molar-refractivity contribution < 1.29 is 4.74 Å². The monoisotopic (exact) mass is 326 g/mol. The first-order valence-electron chi connectivity index (χ1n) is 6.90. The van der Waals surface area contributed by atoms with E-state index in [-0.39, 0.29) is 0 Å². The summed E-state index contributed by atoms with van der Waals surface area (Å²) in [5.74, 6) is 0. The van der Waals surface area contributed by atoms with Crippen molar-refractivity contribution in [3.05, 3.63) is 28.2 Å². The van der Waals surface area contributed by atoms with Crippen LogP contribution in [0.2, 0.25) is 0 Å². The highest BCUT2D eigenvalue weighted by atomic mass is 79.9. The summed E-state index contributed by atoms with van der Waals surface area (Å²) in [5, 5.41) is 3.50. The van der Waals surface area contributed by atoms with E-state index in [1.807, 2.05) is 0 Å². The first kappa shape index (κ1) is 14.8. The lowest BCUT2D eigenvalue weighted by Gasteiger charge is -2.28. The molecule has 1 N–H and O–H groups in total. The molecule has 0 amide bonds. The molecule has 106 valence electrons. The van der Waals surface area contributed by atoms with Crippen LogP contribution < -0.4 is 10.2 Å². The summed E-state index contributed by atoms with van der Waals surface area (Å²) in [6.07, 6.45) is 1.11. The third kappa shape index (κ3) is 3.94. The van der Waals surface area contributed by atoms with Gasteiger partial charge < -0.3 is 15.0 Å². The van der Waals surface area contributed by atoms with E-state index < -0.39 is 0 Å². The predicted molar refractivity (Wildman–Crippen MR) is 83.7 cm³/mol. The van der Waals surface area contributed by atoms with Crippen LogP contribution in [0, 0.1) is 0 Å². The van der Waals surface area contributed by atoms with Gasteiger partial charge in [0.1, 0.15) is 0 Å². The number of rotatable bonds is 5. The molecule has 4 heteroatoms. The van der Waals surface area contributed by atoms with Crippen LogP contribution in [0.3, 0.4) is 0 Å². The van der Waals surface area contributed by atoms with Crippen molar-refractivity contribution >= 4 is 21.6 Å². The number of likely N-dealkylation sites (N-methyl/N-ethyl adjacent to an activating group) is 1. The zero-order chi connectivity index (χ0) is 13.8. The minimum Gasteiger partial charge on any atom is -0.379 e. The molecule has 1 heterocycles. The van der Waals surface area contributed by atoms with Gasteiger partial charge in [-0.3, -0.25) is 0 Å². The van der Waals surface area contributed by atoms with Crippen molar-refractivity contribution in [3.63, 3.8) is 0 Å². The Balaban J connectivity index is 2.17. The molecule has 1 saturated heterocycles. The maximum absolute atomic E-state index is 5.49. The first-order valence-corrected chi connectivity index (χ1v) is 7.69. The van der Waals surface area contributed by atoms with Gasteiger partial charge in [0.2, 0.25) is 0 Å². The van der Waals surface area contributed by atoms with Gasteiger partial charge in [-0.2, -0.15) is 0 Å². The molecule has 3 nitrogen and oxygen atoms in total. The molecular weight excluding hydrogens is 304 g/mol. The van der Waals surface area contributed by atoms with Gasteiger partial charge in [0, 0.05) is 36.4 Å². The van der Waals surface area contributed by atoms with Crippen molar-refractivity contribution in [2.24, 2.45) is 0 Å². The van der Waals surface area contributed by atoms with Crippen LogP contribution >= 0.6 is 15.9 Å². The molecule has 1 aliphatic rings. The molecule has 0 radical (unpaired) electrons. The summed E-state index contributed by atoms with van der Waals surface area (Å²) < 4.78 is 6.63. The maximum atomic E-state index is 5.49. The highest BCUT2D eigenvalue weighted by Crippen LogP contribution is 2.27. The summed E-state index contributed by atoms with van der Waals surface area (Å²) in [7, 11) is 2.17. The summed E-state index contributed by atoms with van der Waals surface area (Å²) >= 11 is 3.56. The van der Waals surface area contributed by atoms with Gasteiger partial charge in [0.05, 0.1) is 12.6 Å². The summed E-state index contributed by atoms with van der Waals surface area (Å²) in [6.45, 7) is 6.96. The van der Waals surface area contributed by atoms with Gasteiger partial charge in [0.25, 0.3) is 0 Å². The summed E-state index contributed by atoms with van der Waals surface area (Å²) in [4.78, 5) is 2.36. The van der Waals surface area contributed by atoms with E-state index in [1.165, 1.54) is 11.3 Å². The number of halogens is 1.